The predicted octanol–water partition coefficient (Wildman–Crippen LogP) is 1.77. The fraction of sp³-hybridized carbons (Fsp3) is 1.00. The van der Waals surface area contributed by atoms with Crippen molar-refractivity contribution in [1.82, 2.24) is 10.2 Å². The summed E-state index contributed by atoms with van der Waals surface area (Å²) in [6.07, 6.45) is 9.35. The van der Waals surface area contributed by atoms with Crippen molar-refractivity contribution in [3.8, 4) is 0 Å². The molecule has 0 aromatic heterocycles. The Labute approximate surface area is 105 Å². The van der Waals surface area contributed by atoms with E-state index in [-0.39, 0.29) is 0 Å². The van der Waals surface area contributed by atoms with Crippen LogP contribution in [-0.4, -0.2) is 49.3 Å². The van der Waals surface area contributed by atoms with Crippen LogP contribution in [-0.2, 0) is 4.74 Å². The van der Waals surface area contributed by atoms with Gasteiger partial charge in [-0.2, -0.15) is 0 Å². The van der Waals surface area contributed by atoms with E-state index in [1.54, 1.807) is 0 Å². The standard InChI is InChI=1S/C14H26N2O/c1-16(13-3-2-7-17-8-6-13)14-9-11-4-5-12(10-14)15-11/h11-15H,2-10H2,1H3. The average molecular weight is 238 g/mol. The summed E-state index contributed by atoms with van der Waals surface area (Å²) in [5.41, 5.74) is 0. The maximum atomic E-state index is 5.58. The molecule has 3 atom stereocenters. The lowest BCUT2D eigenvalue weighted by molar-refractivity contribution is 0.102. The molecule has 3 rings (SSSR count). The lowest BCUT2D eigenvalue weighted by Gasteiger charge is -2.39. The summed E-state index contributed by atoms with van der Waals surface area (Å²) in [6.45, 7) is 1.94. The molecule has 3 aliphatic heterocycles. The topological polar surface area (TPSA) is 24.5 Å². The zero-order chi connectivity index (χ0) is 11.7. The zero-order valence-electron chi connectivity index (χ0n) is 11.0. The lowest BCUT2D eigenvalue weighted by atomic mass is 9.95. The van der Waals surface area contributed by atoms with Crippen molar-refractivity contribution in [1.29, 1.82) is 0 Å². The summed E-state index contributed by atoms with van der Waals surface area (Å²) < 4.78 is 5.58. The minimum Gasteiger partial charge on any atom is -0.381 e. The molecular formula is C14H26N2O. The highest BCUT2D eigenvalue weighted by Crippen LogP contribution is 2.31. The minimum absolute atomic E-state index is 0.764. The Kier molecular flexibility index (Phi) is 3.69. The summed E-state index contributed by atoms with van der Waals surface area (Å²) >= 11 is 0. The van der Waals surface area contributed by atoms with Crippen LogP contribution in [0, 0.1) is 0 Å². The number of piperidine rings is 1. The molecule has 17 heavy (non-hydrogen) atoms. The van der Waals surface area contributed by atoms with Crippen LogP contribution in [0.1, 0.15) is 44.9 Å². The van der Waals surface area contributed by atoms with Crippen molar-refractivity contribution < 1.29 is 4.74 Å². The largest absolute Gasteiger partial charge is 0.381 e. The second kappa shape index (κ2) is 5.25. The fourth-order valence-electron chi connectivity index (χ4n) is 3.95. The number of fused-ring (bicyclic) bond motifs is 2. The van der Waals surface area contributed by atoms with E-state index in [2.05, 4.69) is 17.3 Å². The average Bonchev–Trinajstić information content (AvgIpc) is 2.61. The molecule has 3 nitrogen and oxygen atoms in total. The van der Waals surface area contributed by atoms with Crippen molar-refractivity contribution in [2.45, 2.75) is 69.1 Å². The van der Waals surface area contributed by atoms with Gasteiger partial charge in [0.1, 0.15) is 0 Å². The van der Waals surface area contributed by atoms with Crippen LogP contribution in [0.5, 0.6) is 0 Å². The van der Waals surface area contributed by atoms with Crippen LogP contribution >= 0.6 is 0 Å². The van der Waals surface area contributed by atoms with Gasteiger partial charge in [0.2, 0.25) is 0 Å². The summed E-state index contributed by atoms with van der Waals surface area (Å²) in [4.78, 5) is 2.68. The predicted molar refractivity (Wildman–Crippen MR) is 69.2 cm³/mol. The highest BCUT2D eigenvalue weighted by molar-refractivity contribution is 4.96. The molecule has 0 amide bonds. The molecule has 0 aromatic rings. The Bertz CT molecular complexity index is 239. The molecule has 3 aliphatic rings. The molecule has 3 saturated heterocycles. The fourth-order valence-corrected chi connectivity index (χ4v) is 3.95. The second-order valence-electron chi connectivity index (χ2n) is 6.13. The summed E-state index contributed by atoms with van der Waals surface area (Å²) in [6, 6.07) is 3.20. The Hall–Kier alpha value is -0.120. The van der Waals surface area contributed by atoms with Crippen LogP contribution in [0.3, 0.4) is 0 Å². The van der Waals surface area contributed by atoms with Gasteiger partial charge >= 0.3 is 0 Å². The molecule has 0 saturated carbocycles. The van der Waals surface area contributed by atoms with Gasteiger partial charge in [-0.15, -0.1) is 0 Å². The summed E-state index contributed by atoms with van der Waals surface area (Å²) in [5, 5.41) is 3.74. The minimum atomic E-state index is 0.764. The molecule has 3 fully saturated rings. The van der Waals surface area contributed by atoms with Gasteiger partial charge < -0.3 is 15.0 Å². The Balaban J connectivity index is 1.59. The molecule has 3 heterocycles. The molecule has 0 aromatic carbocycles. The van der Waals surface area contributed by atoms with Gasteiger partial charge in [0.05, 0.1) is 0 Å². The van der Waals surface area contributed by atoms with Crippen LogP contribution < -0.4 is 5.32 Å². The molecular weight excluding hydrogens is 212 g/mol. The molecule has 2 bridgehead atoms. The van der Waals surface area contributed by atoms with E-state index < -0.39 is 0 Å². The molecule has 98 valence electrons. The SMILES string of the molecule is CN(C1CCCOCC1)C1CC2CCC(C1)N2. The monoisotopic (exact) mass is 238 g/mol. The number of rotatable bonds is 2. The molecule has 0 aliphatic carbocycles. The van der Waals surface area contributed by atoms with E-state index in [0.29, 0.717) is 0 Å². The van der Waals surface area contributed by atoms with Gasteiger partial charge in [-0.25, -0.2) is 0 Å². The summed E-state index contributed by atoms with van der Waals surface area (Å²) in [7, 11) is 2.35. The molecule has 3 heteroatoms. The maximum absolute atomic E-state index is 5.58. The molecule has 1 N–H and O–H groups in total. The second-order valence-corrected chi connectivity index (χ2v) is 6.13. The number of hydrogen-bond donors (Lipinski definition) is 1. The van der Waals surface area contributed by atoms with E-state index in [4.69, 9.17) is 4.74 Å². The number of nitrogens with zero attached hydrogens (tertiary/aromatic N) is 1. The first-order valence-electron chi connectivity index (χ1n) is 7.38. The first-order valence-corrected chi connectivity index (χ1v) is 7.38. The van der Waals surface area contributed by atoms with Crippen LogP contribution in [0.25, 0.3) is 0 Å². The Morgan fingerprint density at radius 1 is 0.941 bits per heavy atom. The highest BCUT2D eigenvalue weighted by Gasteiger charge is 2.36. The maximum Gasteiger partial charge on any atom is 0.0480 e. The lowest BCUT2D eigenvalue weighted by Crippen LogP contribution is -2.50. The van der Waals surface area contributed by atoms with Crippen molar-refractivity contribution in [2.24, 2.45) is 0 Å². The number of nitrogens with one attached hydrogen (secondary N) is 1. The molecule has 0 radical (unpaired) electrons. The third-order valence-electron chi connectivity index (χ3n) is 5.02. The smallest absolute Gasteiger partial charge is 0.0480 e. The van der Waals surface area contributed by atoms with E-state index >= 15 is 0 Å². The van der Waals surface area contributed by atoms with E-state index in [0.717, 1.165) is 37.4 Å². The van der Waals surface area contributed by atoms with Crippen LogP contribution in [0.2, 0.25) is 0 Å². The molecule has 0 spiro atoms. The van der Waals surface area contributed by atoms with Gasteiger partial charge in [0, 0.05) is 37.4 Å². The van der Waals surface area contributed by atoms with Gasteiger partial charge in [0.15, 0.2) is 0 Å². The Morgan fingerprint density at radius 2 is 1.71 bits per heavy atom. The first-order chi connectivity index (χ1) is 8.33. The number of ether oxygens (including phenoxy) is 1. The normalized spacial score (nSPS) is 42.7. The van der Waals surface area contributed by atoms with Gasteiger partial charge in [0.25, 0.3) is 0 Å². The first kappa shape index (κ1) is 11.9. The van der Waals surface area contributed by atoms with Crippen molar-refractivity contribution in [2.75, 3.05) is 20.3 Å². The van der Waals surface area contributed by atoms with Crippen molar-refractivity contribution >= 4 is 0 Å². The van der Waals surface area contributed by atoms with E-state index in [9.17, 15) is 0 Å². The van der Waals surface area contributed by atoms with E-state index in [1.807, 2.05) is 0 Å². The van der Waals surface area contributed by atoms with Gasteiger partial charge in [-0.3, -0.25) is 0 Å². The van der Waals surface area contributed by atoms with Crippen LogP contribution in [0.4, 0.5) is 0 Å². The van der Waals surface area contributed by atoms with Crippen molar-refractivity contribution in [3.05, 3.63) is 0 Å². The van der Waals surface area contributed by atoms with Gasteiger partial charge in [-0.05, 0) is 52.0 Å². The highest BCUT2D eigenvalue weighted by atomic mass is 16.5. The van der Waals surface area contributed by atoms with Crippen molar-refractivity contribution in [3.63, 3.8) is 0 Å². The number of hydrogen-bond acceptors (Lipinski definition) is 3. The third-order valence-corrected chi connectivity index (χ3v) is 5.02. The van der Waals surface area contributed by atoms with E-state index in [1.165, 1.54) is 44.9 Å². The van der Waals surface area contributed by atoms with Crippen LogP contribution in [0.15, 0.2) is 0 Å². The summed E-state index contributed by atoms with van der Waals surface area (Å²) in [5.74, 6) is 0. The van der Waals surface area contributed by atoms with Gasteiger partial charge in [-0.1, -0.05) is 0 Å². The zero-order valence-corrected chi connectivity index (χ0v) is 11.0. The Morgan fingerprint density at radius 3 is 2.47 bits per heavy atom. The molecule has 3 unspecified atom stereocenters. The quantitative estimate of drug-likeness (QED) is 0.793. The third kappa shape index (κ3) is 2.67.